The predicted molar refractivity (Wildman–Crippen MR) is 148 cm³/mol. The molecule has 0 spiro atoms. The van der Waals surface area contributed by atoms with Crippen molar-refractivity contribution in [3.63, 3.8) is 0 Å². The molecule has 0 bridgehead atoms. The van der Waals surface area contributed by atoms with Crippen molar-refractivity contribution in [1.29, 1.82) is 5.26 Å². The summed E-state index contributed by atoms with van der Waals surface area (Å²) in [6, 6.07) is 20.2. The van der Waals surface area contributed by atoms with Crippen LogP contribution < -0.4 is 5.32 Å². The molecule has 0 saturated carbocycles. The molecule has 2 aromatic heterocycles. The minimum Gasteiger partial charge on any atom is -0.452 e. The summed E-state index contributed by atoms with van der Waals surface area (Å²) in [7, 11) is 0. The molecule has 190 valence electrons. The Kier molecular flexibility index (Phi) is 6.65. The van der Waals surface area contributed by atoms with Crippen molar-refractivity contribution in [2.75, 3.05) is 11.9 Å². The molecule has 4 aromatic rings. The number of benzene rings is 2. The molecule has 38 heavy (non-hydrogen) atoms. The van der Waals surface area contributed by atoms with Crippen molar-refractivity contribution < 1.29 is 14.3 Å². The van der Waals surface area contributed by atoms with Crippen LogP contribution in [0.3, 0.4) is 0 Å². The minimum atomic E-state index is -0.519. The maximum atomic E-state index is 13.5. The zero-order chi connectivity index (χ0) is 26.1. The van der Waals surface area contributed by atoms with Crippen LogP contribution in [0.4, 0.5) is 5.00 Å². The standard InChI is InChI=1S/C31H27N3O3S/c32-17-24-21-10-5-7-13-27(21)38-30(24)34-28(35)18-37-31(36)29-22-11-4-6-12-25(22)33-26-15-14-20(16-23(26)29)19-8-2-1-3-9-19/h1-4,6,8-9,11-12,20H,5,7,10,13-16,18H2,(H,34,35). The van der Waals surface area contributed by atoms with E-state index in [-0.39, 0.29) is 5.92 Å². The highest BCUT2D eigenvalue weighted by atomic mass is 32.1. The molecule has 7 heteroatoms. The van der Waals surface area contributed by atoms with Gasteiger partial charge in [0.15, 0.2) is 6.61 Å². The first kappa shape index (κ1) is 24.3. The number of hydrogen-bond acceptors (Lipinski definition) is 6. The van der Waals surface area contributed by atoms with E-state index in [0.717, 1.165) is 66.2 Å². The zero-order valence-electron chi connectivity index (χ0n) is 21.0. The van der Waals surface area contributed by atoms with Crippen LogP contribution in [-0.2, 0) is 35.2 Å². The van der Waals surface area contributed by atoms with Gasteiger partial charge in [-0.05, 0) is 73.6 Å². The predicted octanol–water partition coefficient (Wildman–Crippen LogP) is 6.11. The molecule has 0 radical (unpaired) electrons. The largest absolute Gasteiger partial charge is 0.452 e. The highest BCUT2D eigenvalue weighted by molar-refractivity contribution is 7.16. The Morgan fingerprint density at radius 2 is 1.82 bits per heavy atom. The van der Waals surface area contributed by atoms with Crippen LogP contribution in [-0.4, -0.2) is 23.5 Å². The van der Waals surface area contributed by atoms with E-state index < -0.39 is 18.5 Å². The summed E-state index contributed by atoms with van der Waals surface area (Å²) >= 11 is 1.46. The van der Waals surface area contributed by atoms with Crippen LogP contribution in [0.15, 0.2) is 54.6 Å². The molecule has 6 nitrogen and oxygen atoms in total. The third-order valence-corrected chi connectivity index (χ3v) is 8.81. The molecule has 2 aromatic carbocycles. The smallest absolute Gasteiger partial charge is 0.339 e. The average Bonchev–Trinajstić information content (AvgIpc) is 3.31. The fraction of sp³-hybridized carbons (Fsp3) is 0.290. The Hall–Kier alpha value is -4.02. The normalized spacial score (nSPS) is 16.2. The number of carbonyl (C=O) groups is 2. The molecule has 0 fully saturated rings. The van der Waals surface area contributed by atoms with Crippen LogP contribution >= 0.6 is 11.3 Å². The number of hydrogen-bond donors (Lipinski definition) is 1. The maximum Gasteiger partial charge on any atom is 0.339 e. The van der Waals surface area contributed by atoms with Crippen molar-refractivity contribution in [3.05, 3.63) is 93.0 Å². The van der Waals surface area contributed by atoms with Crippen LogP contribution in [0, 0.1) is 11.3 Å². The van der Waals surface area contributed by atoms with Gasteiger partial charge in [0.25, 0.3) is 5.91 Å². The number of thiophene rings is 1. The van der Waals surface area contributed by atoms with E-state index >= 15 is 0 Å². The SMILES string of the molecule is N#Cc1c(NC(=O)COC(=O)c2c3c(nc4ccccc24)CCC(c2ccccc2)C3)sc2c1CCCC2. The summed E-state index contributed by atoms with van der Waals surface area (Å²) in [6.45, 7) is -0.417. The molecule has 1 unspecified atom stereocenters. The first-order valence-electron chi connectivity index (χ1n) is 13.1. The number of anilines is 1. The number of esters is 1. The third-order valence-electron chi connectivity index (χ3n) is 7.60. The molecular formula is C31H27N3O3S. The van der Waals surface area contributed by atoms with E-state index in [0.29, 0.717) is 22.5 Å². The number of ether oxygens (including phenoxy) is 1. The number of fused-ring (bicyclic) bond motifs is 3. The van der Waals surface area contributed by atoms with Crippen molar-refractivity contribution >= 4 is 39.1 Å². The summed E-state index contributed by atoms with van der Waals surface area (Å²) in [4.78, 5) is 32.4. The van der Waals surface area contributed by atoms with E-state index in [2.05, 4.69) is 23.5 Å². The Bertz CT molecular complexity index is 1590. The number of aromatic nitrogens is 1. The highest BCUT2D eigenvalue weighted by Gasteiger charge is 2.29. The molecule has 6 rings (SSSR count). The third kappa shape index (κ3) is 4.57. The van der Waals surface area contributed by atoms with Gasteiger partial charge in [0, 0.05) is 16.0 Å². The van der Waals surface area contributed by atoms with E-state index in [9.17, 15) is 14.9 Å². The Morgan fingerprint density at radius 1 is 1.03 bits per heavy atom. The molecule has 1 amide bonds. The topological polar surface area (TPSA) is 92.1 Å². The molecule has 0 saturated heterocycles. The average molecular weight is 522 g/mol. The number of nitriles is 1. The second-order valence-corrected chi connectivity index (χ2v) is 11.0. The van der Waals surface area contributed by atoms with Crippen molar-refractivity contribution in [2.24, 2.45) is 0 Å². The number of aryl methyl sites for hydroxylation is 2. The van der Waals surface area contributed by atoms with Crippen LogP contribution in [0.5, 0.6) is 0 Å². The number of pyridine rings is 1. The Balaban J connectivity index is 1.25. The zero-order valence-corrected chi connectivity index (χ0v) is 21.8. The van der Waals surface area contributed by atoms with E-state index in [4.69, 9.17) is 9.72 Å². The lowest BCUT2D eigenvalue weighted by Gasteiger charge is -2.26. The second kappa shape index (κ2) is 10.4. The summed E-state index contributed by atoms with van der Waals surface area (Å²) in [6.07, 6.45) is 6.39. The van der Waals surface area contributed by atoms with Crippen molar-refractivity contribution in [3.8, 4) is 6.07 Å². The quantitative estimate of drug-likeness (QED) is 0.320. The Morgan fingerprint density at radius 3 is 2.66 bits per heavy atom. The van der Waals surface area contributed by atoms with E-state index in [1.807, 2.05) is 42.5 Å². The number of amides is 1. The van der Waals surface area contributed by atoms with Gasteiger partial charge in [-0.25, -0.2) is 4.79 Å². The number of rotatable bonds is 5. The second-order valence-electron chi connectivity index (χ2n) is 9.93. The highest BCUT2D eigenvalue weighted by Crippen LogP contribution is 2.38. The molecule has 2 aliphatic carbocycles. The minimum absolute atomic E-state index is 0.288. The van der Waals surface area contributed by atoms with Gasteiger partial charge in [0.1, 0.15) is 11.1 Å². The maximum absolute atomic E-state index is 13.5. The summed E-state index contributed by atoms with van der Waals surface area (Å²) in [5, 5.41) is 13.8. The van der Waals surface area contributed by atoms with Gasteiger partial charge in [-0.2, -0.15) is 5.26 Å². The summed E-state index contributed by atoms with van der Waals surface area (Å²) in [5.41, 5.74) is 5.94. The summed E-state index contributed by atoms with van der Waals surface area (Å²) in [5.74, 6) is -0.673. The lowest BCUT2D eigenvalue weighted by atomic mass is 9.80. The molecule has 2 aliphatic rings. The first-order chi connectivity index (χ1) is 18.6. The number of para-hydroxylation sites is 1. The van der Waals surface area contributed by atoms with Crippen molar-refractivity contribution in [1.82, 2.24) is 4.98 Å². The van der Waals surface area contributed by atoms with Gasteiger partial charge in [0.05, 0.1) is 16.6 Å². The number of nitrogens with zero attached hydrogens (tertiary/aromatic N) is 2. The molecule has 0 aliphatic heterocycles. The molecule has 2 heterocycles. The number of nitrogens with one attached hydrogen (secondary N) is 1. The summed E-state index contributed by atoms with van der Waals surface area (Å²) < 4.78 is 5.60. The Labute approximate surface area is 225 Å². The van der Waals surface area contributed by atoms with Crippen LogP contribution in [0.25, 0.3) is 10.9 Å². The van der Waals surface area contributed by atoms with Gasteiger partial charge in [-0.3, -0.25) is 9.78 Å². The van der Waals surface area contributed by atoms with E-state index in [1.54, 1.807) is 0 Å². The van der Waals surface area contributed by atoms with Crippen molar-refractivity contribution in [2.45, 2.75) is 50.9 Å². The lowest BCUT2D eigenvalue weighted by Crippen LogP contribution is -2.23. The van der Waals surface area contributed by atoms with Gasteiger partial charge in [-0.1, -0.05) is 48.5 Å². The first-order valence-corrected chi connectivity index (χ1v) is 13.9. The molecule has 1 atom stereocenters. The lowest BCUT2D eigenvalue weighted by molar-refractivity contribution is -0.119. The van der Waals surface area contributed by atoms with Gasteiger partial charge in [0.2, 0.25) is 0 Å². The molecule has 1 N–H and O–H groups in total. The molecular weight excluding hydrogens is 494 g/mol. The number of carbonyl (C=O) groups excluding carboxylic acids is 2. The van der Waals surface area contributed by atoms with Gasteiger partial charge < -0.3 is 10.1 Å². The fourth-order valence-corrected chi connectivity index (χ4v) is 7.03. The van der Waals surface area contributed by atoms with Gasteiger partial charge in [-0.15, -0.1) is 11.3 Å². The van der Waals surface area contributed by atoms with Gasteiger partial charge >= 0.3 is 5.97 Å². The van der Waals surface area contributed by atoms with Crippen LogP contribution in [0.1, 0.15) is 68.4 Å². The van der Waals surface area contributed by atoms with Crippen LogP contribution in [0.2, 0.25) is 0 Å². The fourth-order valence-electron chi connectivity index (χ4n) is 5.77. The van der Waals surface area contributed by atoms with E-state index in [1.165, 1.54) is 21.8 Å². The monoisotopic (exact) mass is 521 g/mol.